The van der Waals surface area contributed by atoms with Gasteiger partial charge in [0.25, 0.3) is 11.8 Å². The van der Waals surface area contributed by atoms with E-state index in [9.17, 15) is 53.5 Å². The summed E-state index contributed by atoms with van der Waals surface area (Å²) >= 11 is 5.59. The SMILES string of the molecule is O=C(COc1cc(-[n+]2nc(NC(=O)COc3ccc(F)c(Cl)c3)[nH]c2C(F)(F)F)cc(C(F)(F)F)c1)Nc1nnc(C(F)(F)F)[nH]1. The number of amides is 2. The number of aromatic nitrogens is 6. The fourth-order valence-electron chi connectivity index (χ4n) is 3.37. The second-order valence-electron chi connectivity index (χ2n) is 8.71. The molecule has 0 radical (unpaired) electrons. The number of carbonyl (C=O) groups excluding carboxylic acids is 2. The van der Waals surface area contributed by atoms with Gasteiger partial charge < -0.3 is 14.5 Å². The quantitative estimate of drug-likeness (QED) is 0.147. The van der Waals surface area contributed by atoms with Crippen LogP contribution >= 0.6 is 11.6 Å². The van der Waals surface area contributed by atoms with Crippen LogP contribution in [0.1, 0.15) is 17.2 Å². The Morgan fingerprint density at radius 2 is 1.41 bits per heavy atom. The predicted molar refractivity (Wildman–Crippen MR) is 131 cm³/mol. The zero-order chi connectivity index (χ0) is 34.0. The molecule has 0 spiro atoms. The Labute approximate surface area is 252 Å². The van der Waals surface area contributed by atoms with Crippen LogP contribution in [0.3, 0.4) is 0 Å². The van der Waals surface area contributed by atoms with E-state index in [1.54, 1.807) is 9.97 Å². The summed E-state index contributed by atoms with van der Waals surface area (Å²) in [6.45, 7) is -1.97. The first-order valence-corrected chi connectivity index (χ1v) is 12.3. The topological polar surface area (TPSA) is 151 Å². The van der Waals surface area contributed by atoms with Crippen molar-refractivity contribution in [1.82, 2.24) is 25.3 Å². The lowest BCUT2D eigenvalue weighted by molar-refractivity contribution is -0.676. The van der Waals surface area contributed by atoms with E-state index in [-0.39, 0.29) is 21.5 Å². The van der Waals surface area contributed by atoms with Crippen molar-refractivity contribution >= 4 is 35.3 Å². The monoisotopic (exact) mass is 691 g/mol. The minimum absolute atomic E-state index is 0.0361. The molecule has 0 unspecified atom stereocenters. The van der Waals surface area contributed by atoms with Crippen molar-refractivity contribution in [2.75, 3.05) is 23.8 Å². The standard InChI is InChI=1S/C23H13ClF10N8O4/c24-13-6-11(1-2-14(13)25)45-7-16(44)36-20-38-18(23(32,33)34)42(41-20)10-3-9(21(26,27)28)4-12(5-10)46-8-15(43)35-19-37-17(39-40-19)22(29,30)31/h1-6H,7-8H2,(H3,35,36,37,39,40,41,43,44)/p+1. The summed E-state index contributed by atoms with van der Waals surface area (Å²) in [5, 5.41) is 12.6. The first-order valence-electron chi connectivity index (χ1n) is 11.9. The summed E-state index contributed by atoms with van der Waals surface area (Å²) in [6.07, 6.45) is -15.4. The molecule has 0 aliphatic heterocycles. The van der Waals surface area contributed by atoms with Crippen molar-refractivity contribution in [3.8, 4) is 17.2 Å². The van der Waals surface area contributed by atoms with Gasteiger partial charge in [0.15, 0.2) is 18.9 Å². The van der Waals surface area contributed by atoms with Gasteiger partial charge in [0, 0.05) is 12.1 Å². The van der Waals surface area contributed by atoms with Crippen LogP contribution in [-0.4, -0.2) is 50.3 Å². The summed E-state index contributed by atoms with van der Waals surface area (Å²) in [6, 6.07) is 4.25. The molecule has 12 nitrogen and oxygen atoms in total. The number of halogens is 11. The van der Waals surface area contributed by atoms with Gasteiger partial charge >= 0.3 is 30.3 Å². The molecule has 23 heteroatoms. The molecule has 2 aromatic carbocycles. The first kappa shape index (κ1) is 33.7. The summed E-state index contributed by atoms with van der Waals surface area (Å²) in [4.78, 5) is 27.7. The van der Waals surface area contributed by atoms with Crippen molar-refractivity contribution in [3.63, 3.8) is 0 Å². The van der Waals surface area contributed by atoms with Gasteiger partial charge in [0.2, 0.25) is 11.8 Å². The average molecular weight is 692 g/mol. The van der Waals surface area contributed by atoms with Crippen LogP contribution in [0.2, 0.25) is 5.02 Å². The maximum atomic E-state index is 13.8. The lowest BCUT2D eigenvalue weighted by Gasteiger charge is -2.12. The molecule has 0 bridgehead atoms. The van der Waals surface area contributed by atoms with Gasteiger partial charge in [-0.2, -0.15) is 39.5 Å². The van der Waals surface area contributed by atoms with Crippen LogP contribution in [0.25, 0.3) is 5.69 Å². The Bertz CT molecular complexity index is 1750. The van der Waals surface area contributed by atoms with Gasteiger partial charge in [-0.25, -0.2) is 9.37 Å². The number of hydrogen-bond donors (Lipinski definition) is 4. The third-order valence-corrected chi connectivity index (χ3v) is 5.57. The fourth-order valence-corrected chi connectivity index (χ4v) is 3.54. The van der Waals surface area contributed by atoms with Crippen LogP contribution in [-0.2, 0) is 28.1 Å². The number of H-pyrrole nitrogens is 2. The molecule has 0 saturated heterocycles. The molecule has 4 aromatic rings. The summed E-state index contributed by atoms with van der Waals surface area (Å²) in [5.74, 6) is -9.01. The summed E-state index contributed by atoms with van der Waals surface area (Å²) in [7, 11) is 0. The van der Waals surface area contributed by atoms with Crippen molar-refractivity contribution in [3.05, 3.63) is 64.5 Å². The number of ether oxygens (including phenoxy) is 2. The molecule has 0 aliphatic carbocycles. The third-order valence-electron chi connectivity index (χ3n) is 5.28. The van der Waals surface area contributed by atoms with Gasteiger partial charge in [0.05, 0.1) is 10.6 Å². The van der Waals surface area contributed by atoms with E-state index in [2.05, 4.69) is 15.3 Å². The highest BCUT2D eigenvalue weighted by molar-refractivity contribution is 6.30. The third kappa shape index (κ3) is 8.51. The van der Waals surface area contributed by atoms with Crippen molar-refractivity contribution in [1.29, 1.82) is 0 Å². The maximum Gasteiger partial charge on any atom is 0.497 e. The molecule has 4 N–H and O–H groups in total. The van der Waals surface area contributed by atoms with E-state index in [0.29, 0.717) is 12.1 Å². The van der Waals surface area contributed by atoms with E-state index in [4.69, 9.17) is 21.1 Å². The van der Waals surface area contributed by atoms with Gasteiger partial charge in [-0.05, 0) is 29.4 Å². The van der Waals surface area contributed by atoms with E-state index in [1.807, 2.05) is 10.6 Å². The van der Waals surface area contributed by atoms with E-state index in [0.717, 1.165) is 18.2 Å². The highest BCUT2D eigenvalue weighted by Gasteiger charge is 2.46. The molecule has 4 rings (SSSR count). The maximum absolute atomic E-state index is 13.8. The van der Waals surface area contributed by atoms with E-state index in [1.165, 1.54) is 0 Å². The number of carbonyl (C=O) groups is 2. The van der Waals surface area contributed by atoms with Crippen molar-refractivity contribution < 1.29 is 67.6 Å². The Hall–Kier alpha value is -5.15. The van der Waals surface area contributed by atoms with Crippen LogP contribution in [0, 0.1) is 5.82 Å². The van der Waals surface area contributed by atoms with Gasteiger partial charge in [-0.3, -0.25) is 20.2 Å². The van der Waals surface area contributed by atoms with E-state index < -0.39 is 89.9 Å². The molecule has 46 heavy (non-hydrogen) atoms. The molecule has 2 heterocycles. The first-order chi connectivity index (χ1) is 21.3. The normalized spacial score (nSPS) is 12.2. The Morgan fingerprint density at radius 1 is 0.783 bits per heavy atom. The molecule has 0 aliphatic rings. The Kier molecular flexibility index (Phi) is 9.31. The number of nitrogens with zero attached hydrogens (tertiary/aromatic N) is 4. The van der Waals surface area contributed by atoms with Gasteiger partial charge in [-0.1, -0.05) is 16.3 Å². The summed E-state index contributed by atoms with van der Waals surface area (Å²) in [5.41, 5.74) is -2.46. The van der Waals surface area contributed by atoms with E-state index >= 15 is 0 Å². The fraction of sp³-hybridized carbons (Fsp3) is 0.217. The van der Waals surface area contributed by atoms with Crippen LogP contribution in [0.5, 0.6) is 11.5 Å². The number of alkyl halides is 9. The number of benzene rings is 2. The van der Waals surface area contributed by atoms with Gasteiger partial charge in [0.1, 0.15) is 17.3 Å². The zero-order valence-electron chi connectivity index (χ0n) is 22.0. The van der Waals surface area contributed by atoms with Crippen molar-refractivity contribution in [2.45, 2.75) is 18.5 Å². The largest absolute Gasteiger partial charge is 0.497 e. The van der Waals surface area contributed by atoms with Crippen LogP contribution in [0.15, 0.2) is 36.4 Å². The highest BCUT2D eigenvalue weighted by Crippen LogP contribution is 2.34. The number of nitrogens with one attached hydrogen (secondary N) is 4. The Balaban J connectivity index is 1.55. The molecule has 2 amide bonds. The number of aromatic amines is 2. The molecule has 246 valence electrons. The van der Waals surface area contributed by atoms with Crippen LogP contribution in [0.4, 0.5) is 55.8 Å². The number of anilines is 2. The van der Waals surface area contributed by atoms with Gasteiger partial charge in [-0.15, -0.1) is 10.2 Å². The second-order valence-corrected chi connectivity index (χ2v) is 9.12. The minimum atomic E-state index is -5.28. The average Bonchev–Trinajstić information content (AvgIpc) is 3.60. The smallest absolute Gasteiger partial charge is 0.484 e. The lowest BCUT2D eigenvalue weighted by atomic mass is 10.1. The lowest BCUT2D eigenvalue weighted by Crippen LogP contribution is -2.41. The molecule has 0 atom stereocenters. The molecule has 0 fully saturated rings. The molecule has 0 saturated carbocycles. The minimum Gasteiger partial charge on any atom is -0.484 e. The highest BCUT2D eigenvalue weighted by atomic mass is 35.5. The predicted octanol–water partition coefficient (Wildman–Crippen LogP) is 4.69. The van der Waals surface area contributed by atoms with Crippen LogP contribution < -0.4 is 24.8 Å². The zero-order valence-corrected chi connectivity index (χ0v) is 22.7. The summed E-state index contributed by atoms with van der Waals surface area (Å²) < 4.78 is 144. The second kappa shape index (κ2) is 12.7. The number of hydrogen-bond acceptors (Lipinski definition) is 7. The van der Waals surface area contributed by atoms with Crippen molar-refractivity contribution in [2.24, 2.45) is 0 Å². The number of rotatable bonds is 9. The molecular formula is C23H14ClF10N8O4+. The molecule has 2 aromatic heterocycles. The Morgan fingerprint density at radius 3 is 1.98 bits per heavy atom. The molecular weight excluding hydrogens is 678 g/mol.